The number of nitrogens with one attached hydrogen (secondary N) is 1. The Kier molecular flexibility index (Phi) is 5.31. The Morgan fingerprint density at radius 3 is 2.67 bits per heavy atom. The van der Waals surface area contributed by atoms with Crippen LogP contribution in [0.5, 0.6) is 5.75 Å². The van der Waals surface area contributed by atoms with Crippen molar-refractivity contribution in [1.29, 1.82) is 0 Å². The fourth-order valence-electron chi connectivity index (χ4n) is 2.90. The first-order valence-electron chi connectivity index (χ1n) is 8.33. The maximum absolute atomic E-state index is 13.6. The number of phenols is 1. The zero-order valence-corrected chi connectivity index (χ0v) is 15.1. The number of amides is 1. The zero-order valence-electron chi connectivity index (χ0n) is 14.3. The molecule has 6 nitrogen and oxygen atoms in total. The van der Waals surface area contributed by atoms with Gasteiger partial charge in [-0.2, -0.15) is 0 Å². The molecule has 1 saturated heterocycles. The second-order valence-electron chi connectivity index (χ2n) is 6.23. The Morgan fingerprint density at radius 1 is 1.19 bits per heavy atom. The molecular formula is C18H18F2N2O4S. The fraction of sp³-hybridized carbons (Fsp3) is 0.278. The highest BCUT2D eigenvalue weighted by atomic mass is 32.2. The minimum absolute atomic E-state index is 0.0175. The number of anilines is 2. The molecule has 9 heteroatoms. The van der Waals surface area contributed by atoms with E-state index in [4.69, 9.17) is 0 Å². The largest absolute Gasteiger partial charge is 0.506 e. The van der Waals surface area contributed by atoms with Crippen LogP contribution in [0.25, 0.3) is 0 Å². The number of carbonyl (C=O) groups is 1. The van der Waals surface area contributed by atoms with E-state index in [9.17, 15) is 27.1 Å². The van der Waals surface area contributed by atoms with Crippen LogP contribution in [0.3, 0.4) is 0 Å². The van der Waals surface area contributed by atoms with E-state index in [2.05, 4.69) is 5.32 Å². The average Bonchev–Trinajstić information content (AvgIpc) is 2.97. The van der Waals surface area contributed by atoms with Crippen LogP contribution in [0.15, 0.2) is 36.4 Å². The maximum atomic E-state index is 13.6. The van der Waals surface area contributed by atoms with Gasteiger partial charge in [0.15, 0.2) is 0 Å². The monoisotopic (exact) mass is 396 g/mol. The van der Waals surface area contributed by atoms with Crippen LogP contribution in [0.1, 0.15) is 18.4 Å². The number of rotatable bonds is 5. The molecule has 0 unspecified atom stereocenters. The van der Waals surface area contributed by atoms with Crippen molar-refractivity contribution in [3.05, 3.63) is 53.6 Å². The Hall–Kier alpha value is -2.68. The first-order chi connectivity index (χ1) is 12.8. The second kappa shape index (κ2) is 7.51. The van der Waals surface area contributed by atoms with E-state index in [0.29, 0.717) is 18.7 Å². The lowest BCUT2D eigenvalue weighted by molar-refractivity contribution is -0.116. The van der Waals surface area contributed by atoms with E-state index in [1.165, 1.54) is 22.5 Å². The summed E-state index contributed by atoms with van der Waals surface area (Å²) in [4.78, 5) is 12.1. The van der Waals surface area contributed by atoms with Crippen molar-refractivity contribution >= 4 is 27.3 Å². The van der Waals surface area contributed by atoms with Crippen LogP contribution in [0.4, 0.5) is 20.2 Å². The third-order valence-electron chi connectivity index (χ3n) is 4.27. The highest BCUT2D eigenvalue weighted by molar-refractivity contribution is 7.93. The van der Waals surface area contributed by atoms with Crippen molar-refractivity contribution in [2.24, 2.45) is 0 Å². The molecule has 3 rings (SSSR count). The van der Waals surface area contributed by atoms with Gasteiger partial charge in [-0.15, -0.1) is 0 Å². The van der Waals surface area contributed by atoms with Gasteiger partial charge in [-0.1, -0.05) is 0 Å². The number of phenolic OH excluding ortho intramolecular Hbond substituents is 1. The molecule has 2 aromatic rings. The van der Waals surface area contributed by atoms with Gasteiger partial charge in [0.1, 0.15) is 17.4 Å². The van der Waals surface area contributed by atoms with E-state index < -0.39 is 27.6 Å². The van der Waals surface area contributed by atoms with Crippen molar-refractivity contribution in [2.45, 2.75) is 19.3 Å². The van der Waals surface area contributed by atoms with Crippen LogP contribution in [-0.4, -0.2) is 31.7 Å². The highest BCUT2D eigenvalue weighted by Gasteiger charge is 2.28. The van der Waals surface area contributed by atoms with E-state index in [1.807, 2.05) is 0 Å². The number of halogens is 2. The molecule has 0 spiro atoms. The van der Waals surface area contributed by atoms with E-state index >= 15 is 0 Å². The number of carbonyl (C=O) groups excluding carboxylic acids is 1. The summed E-state index contributed by atoms with van der Waals surface area (Å²) in [7, 11) is -3.39. The van der Waals surface area contributed by atoms with Crippen LogP contribution in [0, 0.1) is 11.6 Å². The molecule has 2 N–H and O–H groups in total. The molecule has 0 aliphatic carbocycles. The molecule has 0 aromatic heterocycles. The van der Waals surface area contributed by atoms with Crippen molar-refractivity contribution in [3.63, 3.8) is 0 Å². The summed E-state index contributed by atoms with van der Waals surface area (Å²) in [5, 5.41) is 12.4. The first kappa shape index (κ1) is 19.1. The normalized spacial score (nSPS) is 15.7. The number of nitrogens with zero attached hydrogens (tertiary/aromatic N) is 1. The summed E-state index contributed by atoms with van der Waals surface area (Å²) in [5.74, 6) is -1.89. The second-order valence-corrected chi connectivity index (χ2v) is 8.24. The highest BCUT2D eigenvalue weighted by Crippen LogP contribution is 2.32. The average molecular weight is 396 g/mol. The summed E-state index contributed by atoms with van der Waals surface area (Å²) in [6.45, 7) is 0.333. The Balaban J connectivity index is 1.70. The standard InChI is InChI=1S/C18H18F2N2O4S/c19-13-3-5-15(20)12(10-13)2-7-18(24)21-16-11-14(4-6-17(16)23)22-8-1-9-27(22,25)26/h3-6,10-11,23H,1-2,7-9H2,(H,21,24). The van der Waals surface area contributed by atoms with Crippen molar-refractivity contribution in [2.75, 3.05) is 21.9 Å². The Bertz CT molecular complexity index is 979. The van der Waals surface area contributed by atoms with Crippen molar-refractivity contribution in [1.82, 2.24) is 0 Å². The quantitative estimate of drug-likeness (QED) is 0.761. The van der Waals surface area contributed by atoms with Gasteiger partial charge >= 0.3 is 0 Å². The smallest absolute Gasteiger partial charge is 0.235 e. The van der Waals surface area contributed by atoms with Crippen LogP contribution in [0.2, 0.25) is 0 Å². The van der Waals surface area contributed by atoms with Crippen LogP contribution in [-0.2, 0) is 21.2 Å². The molecule has 1 aliphatic rings. The van der Waals surface area contributed by atoms with Gasteiger partial charge in [0.25, 0.3) is 0 Å². The van der Waals surface area contributed by atoms with Crippen molar-refractivity contribution in [3.8, 4) is 5.75 Å². The molecule has 1 heterocycles. The van der Waals surface area contributed by atoms with E-state index in [1.54, 1.807) is 0 Å². The summed E-state index contributed by atoms with van der Waals surface area (Å²) in [6, 6.07) is 7.14. The first-order valence-corrected chi connectivity index (χ1v) is 9.94. The third kappa shape index (κ3) is 4.36. The zero-order chi connectivity index (χ0) is 19.6. The molecule has 0 atom stereocenters. The lowest BCUT2D eigenvalue weighted by Crippen LogP contribution is -2.25. The molecule has 2 aromatic carbocycles. The van der Waals surface area contributed by atoms with Gasteiger partial charge in [0, 0.05) is 13.0 Å². The topological polar surface area (TPSA) is 86.7 Å². The Labute approximate surface area is 155 Å². The predicted octanol–water partition coefficient (Wildman–Crippen LogP) is 2.78. The molecule has 0 saturated carbocycles. The predicted molar refractivity (Wildman–Crippen MR) is 97.2 cm³/mol. The molecule has 1 amide bonds. The van der Waals surface area contributed by atoms with Gasteiger partial charge in [-0.05, 0) is 54.8 Å². The minimum Gasteiger partial charge on any atom is -0.506 e. The molecule has 0 bridgehead atoms. The molecule has 0 radical (unpaired) electrons. The van der Waals surface area contributed by atoms with Crippen LogP contribution >= 0.6 is 0 Å². The number of aryl methyl sites for hydroxylation is 1. The fourth-order valence-corrected chi connectivity index (χ4v) is 4.46. The summed E-state index contributed by atoms with van der Waals surface area (Å²) >= 11 is 0. The summed E-state index contributed by atoms with van der Waals surface area (Å²) in [5.41, 5.74) is 0.474. The third-order valence-corrected chi connectivity index (χ3v) is 6.14. The lowest BCUT2D eigenvalue weighted by Gasteiger charge is -2.18. The number of hydrogen-bond acceptors (Lipinski definition) is 4. The lowest BCUT2D eigenvalue weighted by atomic mass is 10.1. The number of hydrogen-bond donors (Lipinski definition) is 2. The number of sulfonamides is 1. The van der Waals surface area contributed by atoms with E-state index in [-0.39, 0.29) is 35.6 Å². The van der Waals surface area contributed by atoms with Gasteiger partial charge in [0.2, 0.25) is 15.9 Å². The summed E-state index contributed by atoms with van der Waals surface area (Å²) in [6.07, 6.45) is 0.354. The van der Waals surface area contributed by atoms with Gasteiger partial charge in [-0.3, -0.25) is 9.10 Å². The molecule has 1 aliphatic heterocycles. The van der Waals surface area contributed by atoms with E-state index in [0.717, 1.165) is 18.2 Å². The van der Waals surface area contributed by atoms with Crippen LogP contribution < -0.4 is 9.62 Å². The molecule has 144 valence electrons. The van der Waals surface area contributed by atoms with Gasteiger partial charge in [-0.25, -0.2) is 17.2 Å². The maximum Gasteiger partial charge on any atom is 0.235 e. The number of benzene rings is 2. The van der Waals surface area contributed by atoms with Crippen molar-refractivity contribution < 1.29 is 27.1 Å². The molecule has 1 fully saturated rings. The SMILES string of the molecule is O=C(CCc1cc(F)ccc1F)Nc1cc(N2CCCS2(=O)=O)ccc1O. The van der Waals surface area contributed by atoms with Gasteiger partial charge in [0.05, 0.1) is 17.1 Å². The number of aromatic hydroxyl groups is 1. The Morgan fingerprint density at radius 2 is 1.96 bits per heavy atom. The summed E-state index contributed by atoms with van der Waals surface area (Å²) < 4.78 is 52.0. The minimum atomic E-state index is -3.39. The molecular weight excluding hydrogens is 378 g/mol. The van der Waals surface area contributed by atoms with Gasteiger partial charge < -0.3 is 10.4 Å². The molecule has 27 heavy (non-hydrogen) atoms.